The number of nitrogens with zero attached hydrogens (tertiary/aromatic N) is 2. The van der Waals surface area contributed by atoms with Crippen molar-refractivity contribution < 1.29 is 4.74 Å². The first-order valence-electron chi connectivity index (χ1n) is 9.68. The number of H-pyrrole nitrogens is 1. The van der Waals surface area contributed by atoms with Crippen LogP contribution in [-0.4, -0.2) is 20.6 Å². The highest BCUT2D eigenvalue weighted by Gasteiger charge is 2.20. The second-order valence-electron chi connectivity index (χ2n) is 7.36. The number of ether oxygens (including phenoxy) is 1. The summed E-state index contributed by atoms with van der Waals surface area (Å²) in [6.45, 7) is 11.9. The zero-order valence-corrected chi connectivity index (χ0v) is 17.3. The number of rotatable bonds is 5. The van der Waals surface area contributed by atoms with E-state index in [1.54, 1.807) is 6.07 Å². The minimum absolute atomic E-state index is 0.00683. The molecule has 0 atom stereocenters. The molecule has 2 aromatic heterocycles. The highest BCUT2D eigenvalue weighted by Crippen LogP contribution is 2.27. The lowest BCUT2D eigenvalue weighted by atomic mass is 10.0. The summed E-state index contributed by atoms with van der Waals surface area (Å²) in [6.07, 6.45) is 1.65. The van der Waals surface area contributed by atoms with Crippen molar-refractivity contribution in [1.29, 1.82) is 0 Å². The van der Waals surface area contributed by atoms with Crippen molar-refractivity contribution in [2.45, 2.75) is 60.5 Å². The van der Waals surface area contributed by atoms with Crippen LogP contribution in [0, 0.1) is 27.7 Å². The largest absolute Gasteiger partial charge is 0.489 e. The van der Waals surface area contributed by atoms with Crippen molar-refractivity contribution in [3.05, 3.63) is 61.4 Å². The minimum atomic E-state index is -0.501. The van der Waals surface area contributed by atoms with Crippen molar-refractivity contribution in [3.8, 4) is 11.4 Å². The van der Waals surface area contributed by atoms with Crippen LogP contribution in [0.15, 0.2) is 27.8 Å². The summed E-state index contributed by atoms with van der Waals surface area (Å²) < 4.78 is 7.62. The van der Waals surface area contributed by atoms with Gasteiger partial charge in [-0.2, -0.15) is 0 Å². The van der Waals surface area contributed by atoms with E-state index in [4.69, 9.17) is 4.74 Å². The molecule has 0 saturated carbocycles. The number of fused-ring (bicyclic) bond motifs is 1. The maximum Gasteiger partial charge on any atom is 0.334 e. The molecule has 0 saturated heterocycles. The number of hydrogen-bond acceptors (Lipinski definition) is 4. The van der Waals surface area contributed by atoms with Gasteiger partial charge in [-0.25, -0.2) is 14.3 Å². The molecule has 0 amide bonds. The maximum atomic E-state index is 12.8. The Balaban J connectivity index is 2.42. The van der Waals surface area contributed by atoms with Crippen LogP contribution in [0.3, 0.4) is 0 Å². The van der Waals surface area contributed by atoms with Crippen LogP contribution in [0.5, 0.6) is 5.75 Å². The van der Waals surface area contributed by atoms with Crippen LogP contribution in [-0.2, 0) is 0 Å². The molecular weight excluding hydrogens is 354 g/mol. The zero-order valence-electron chi connectivity index (χ0n) is 17.3. The summed E-state index contributed by atoms with van der Waals surface area (Å²) in [6, 6.07) is 5.80. The van der Waals surface area contributed by atoms with Gasteiger partial charge in [-0.15, -0.1) is 0 Å². The Morgan fingerprint density at radius 2 is 1.64 bits per heavy atom. The number of pyridine rings is 1. The number of nitrogens with one attached hydrogen (secondary N) is 1. The topological polar surface area (TPSA) is 77.0 Å². The Morgan fingerprint density at radius 3 is 2.21 bits per heavy atom. The molecule has 0 spiro atoms. The summed E-state index contributed by atoms with van der Waals surface area (Å²) in [7, 11) is 0. The molecule has 0 radical (unpaired) electrons. The molecule has 1 aromatic carbocycles. The van der Waals surface area contributed by atoms with Gasteiger partial charge >= 0.3 is 5.69 Å². The average molecular weight is 381 g/mol. The molecule has 0 fully saturated rings. The first-order chi connectivity index (χ1) is 13.3. The molecule has 0 unspecified atom stereocenters. The van der Waals surface area contributed by atoms with Crippen molar-refractivity contribution in [1.82, 2.24) is 14.5 Å². The molecule has 148 valence electrons. The van der Waals surface area contributed by atoms with Gasteiger partial charge in [0.15, 0.2) is 5.65 Å². The summed E-state index contributed by atoms with van der Waals surface area (Å²) >= 11 is 0. The second-order valence-corrected chi connectivity index (χ2v) is 7.36. The lowest BCUT2D eigenvalue weighted by Gasteiger charge is -2.19. The average Bonchev–Trinajstić information content (AvgIpc) is 2.60. The third-order valence-electron chi connectivity index (χ3n) is 5.02. The number of hydrogen-bond donors (Lipinski definition) is 1. The van der Waals surface area contributed by atoms with E-state index in [9.17, 15) is 9.59 Å². The molecule has 0 aliphatic rings. The van der Waals surface area contributed by atoms with E-state index < -0.39 is 11.2 Å². The van der Waals surface area contributed by atoms with Gasteiger partial charge in [-0.05, 0) is 51.7 Å². The molecule has 6 heteroatoms. The van der Waals surface area contributed by atoms with Gasteiger partial charge in [0.2, 0.25) is 0 Å². The Bertz CT molecular complexity index is 1130. The van der Waals surface area contributed by atoms with Crippen LogP contribution < -0.4 is 16.0 Å². The third-order valence-corrected chi connectivity index (χ3v) is 5.02. The minimum Gasteiger partial charge on any atom is -0.489 e. The fourth-order valence-electron chi connectivity index (χ4n) is 3.77. The van der Waals surface area contributed by atoms with E-state index in [2.05, 4.69) is 9.97 Å². The van der Waals surface area contributed by atoms with E-state index in [-0.39, 0.29) is 6.10 Å². The SMILES string of the molecule is CCC(CC)Oc1cc(C)nc2c1c(=O)[nH]c(=O)n2-c1c(C)cc(C)cc1C. The lowest BCUT2D eigenvalue weighted by molar-refractivity contribution is 0.195. The number of benzene rings is 1. The molecule has 0 bridgehead atoms. The van der Waals surface area contributed by atoms with Gasteiger partial charge in [0, 0.05) is 11.8 Å². The molecule has 6 nitrogen and oxygen atoms in total. The smallest absolute Gasteiger partial charge is 0.334 e. The molecule has 2 heterocycles. The van der Waals surface area contributed by atoms with Crippen molar-refractivity contribution in [3.63, 3.8) is 0 Å². The molecule has 28 heavy (non-hydrogen) atoms. The molecule has 0 aliphatic carbocycles. The molecular formula is C22H27N3O3. The first-order valence-corrected chi connectivity index (χ1v) is 9.68. The van der Waals surface area contributed by atoms with Gasteiger partial charge in [0.25, 0.3) is 5.56 Å². The van der Waals surface area contributed by atoms with Crippen molar-refractivity contribution in [2.24, 2.45) is 0 Å². The zero-order chi connectivity index (χ0) is 20.6. The maximum absolute atomic E-state index is 12.8. The predicted molar refractivity (Wildman–Crippen MR) is 112 cm³/mol. The number of aromatic amines is 1. The monoisotopic (exact) mass is 381 g/mol. The third kappa shape index (κ3) is 3.46. The molecule has 0 aliphatic heterocycles. The standard InChI is InChI=1S/C22H27N3O3/c1-7-16(8-2)28-17-11-15(6)23-20-18(17)21(26)24-22(27)25(20)19-13(4)9-12(3)10-14(19)5/h9-11,16H,7-8H2,1-6H3,(H,24,26,27). The normalized spacial score (nSPS) is 11.4. The quantitative estimate of drug-likeness (QED) is 0.728. The van der Waals surface area contributed by atoms with Crippen LogP contribution >= 0.6 is 0 Å². The van der Waals surface area contributed by atoms with Crippen LogP contribution in [0.2, 0.25) is 0 Å². The Morgan fingerprint density at radius 1 is 1.04 bits per heavy atom. The van der Waals surface area contributed by atoms with Gasteiger partial charge in [-0.3, -0.25) is 9.78 Å². The van der Waals surface area contributed by atoms with Gasteiger partial charge in [0.05, 0.1) is 11.8 Å². The summed E-state index contributed by atoms with van der Waals surface area (Å²) in [5.41, 5.74) is 3.77. The second kappa shape index (κ2) is 7.62. The highest BCUT2D eigenvalue weighted by atomic mass is 16.5. The van der Waals surface area contributed by atoms with E-state index in [0.717, 1.165) is 35.2 Å². The summed E-state index contributed by atoms with van der Waals surface area (Å²) in [5, 5.41) is 0.302. The van der Waals surface area contributed by atoms with Gasteiger partial charge in [0.1, 0.15) is 11.1 Å². The van der Waals surface area contributed by atoms with E-state index in [1.165, 1.54) is 4.57 Å². The van der Waals surface area contributed by atoms with Crippen molar-refractivity contribution >= 4 is 11.0 Å². The fraction of sp³-hybridized carbons (Fsp3) is 0.409. The van der Waals surface area contributed by atoms with Gasteiger partial charge < -0.3 is 4.74 Å². The lowest BCUT2D eigenvalue weighted by Crippen LogP contribution is -2.31. The van der Waals surface area contributed by atoms with E-state index in [1.807, 2.05) is 53.7 Å². The summed E-state index contributed by atoms with van der Waals surface area (Å²) in [5.74, 6) is 0.466. The van der Waals surface area contributed by atoms with Crippen LogP contribution in [0.25, 0.3) is 16.7 Å². The van der Waals surface area contributed by atoms with E-state index in [0.29, 0.717) is 22.5 Å². The van der Waals surface area contributed by atoms with Crippen LogP contribution in [0.4, 0.5) is 0 Å². The van der Waals surface area contributed by atoms with Crippen molar-refractivity contribution in [2.75, 3.05) is 0 Å². The molecule has 3 rings (SSSR count). The Kier molecular flexibility index (Phi) is 5.40. The van der Waals surface area contributed by atoms with Gasteiger partial charge in [-0.1, -0.05) is 31.5 Å². The predicted octanol–water partition coefficient (Wildman–Crippen LogP) is 3.88. The Labute approximate surface area is 164 Å². The summed E-state index contributed by atoms with van der Waals surface area (Å²) in [4.78, 5) is 32.5. The first kappa shape index (κ1) is 19.9. The fourth-order valence-corrected chi connectivity index (χ4v) is 3.77. The molecule has 3 aromatic rings. The highest BCUT2D eigenvalue weighted by molar-refractivity contribution is 5.83. The number of aromatic nitrogens is 3. The number of aryl methyl sites for hydroxylation is 4. The molecule has 1 N–H and O–H groups in total. The Hall–Kier alpha value is -2.89. The van der Waals surface area contributed by atoms with E-state index >= 15 is 0 Å². The van der Waals surface area contributed by atoms with Crippen LogP contribution in [0.1, 0.15) is 49.1 Å².